The molecule has 1 heteroatoms. The molecule has 0 N–H and O–H groups in total. The van der Waals surface area contributed by atoms with E-state index in [1.54, 1.807) is 0 Å². The van der Waals surface area contributed by atoms with Crippen LogP contribution >= 0.6 is 0 Å². The van der Waals surface area contributed by atoms with Crippen molar-refractivity contribution < 1.29 is 0 Å². The van der Waals surface area contributed by atoms with E-state index in [1.807, 2.05) is 13.8 Å². The van der Waals surface area contributed by atoms with Gasteiger partial charge in [-0.25, -0.2) is 0 Å². The van der Waals surface area contributed by atoms with Crippen LogP contribution in [0.1, 0.15) is 67.2 Å². The summed E-state index contributed by atoms with van der Waals surface area (Å²) in [7, 11) is 2.16. The standard InChI is InChI=1S/C7H17N.C4H10.C2H6/c1-4-6-7-8(3)5-2;1-3-4-2;1-2/h4-7H2,1-3H3;3-4H2,1-2H3;1-2H3. The molecular formula is C13H33N. The van der Waals surface area contributed by atoms with E-state index < -0.39 is 0 Å². The average molecular weight is 203 g/mol. The van der Waals surface area contributed by atoms with Crippen LogP contribution in [0.5, 0.6) is 0 Å². The lowest BCUT2D eigenvalue weighted by molar-refractivity contribution is 0.346. The Kier molecular flexibility index (Phi) is 32.2. The third-order valence-electron chi connectivity index (χ3n) is 1.93. The van der Waals surface area contributed by atoms with Gasteiger partial charge in [0.05, 0.1) is 0 Å². The number of rotatable bonds is 5. The summed E-state index contributed by atoms with van der Waals surface area (Å²) in [5.41, 5.74) is 0. The summed E-state index contributed by atoms with van der Waals surface area (Å²) in [6.45, 7) is 15.2. The molecule has 0 spiro atoms. The van der Waals surface area contributed by atoms with Crippen LogP contribution in [0.3, 0.4) is 0 Å². The molecule has 0 bridgehead atoms. The molecule has 0 aromatic heterocycles. The highest BCUT2D eigenvalue weighted by Gasteiger charge is 1.89. The first-order valence-electron chi connectivity index (χ1n) is 6.41. The van der Waals surface area contributed by atoms with Gasteiger partial charge in [0.2, 0.25) is 0 Å². The van der Waals surface area contributed by atoms with Crippen molar-refractivity contribution in [1.29, 1.82) is 0 Å². The summed E-state index contributed by atoms with van der Waals surface area (Å²) in [5.74, 6) is 0. The second-order valence-corrected chi connectivity index (χ2v) is 3.25. The van der Waals surface area contributed by atoms with Crippen LogP contribution in [0.15, 0.2) is 0 Å². The second-order valence-electron chi connectivity index (χ2n) is 3.25. The lowest BCUT2D eigenvalue weighted by Gasteiger charge is -2.11. The van der Waals surface area contributed by atoms with Gasteiger partial charge < -0.3 is 4.90 Å². The van der Waals surface area contributed by atoms with Crippen LogP contribution < -0.4 is 0 Å². The summed E-state index contributed by atoms with van der Waals surface area (Å²) in [4.78, 5) is 2.34. The Hall–Kier alpha value is -0.0400. The normalized spacial score (nSPS) is 8.57. The third kappa shape index (κ3) is 29.7. The Labute approximate surface area is 92.9 Å². The fourth-order valence-corrected chi connectivity index (χ4v) is 0.586. The van der Waals surface area contributed by atoms with Crippen LogP contribution in [0, 0.1) is 0 Å². The molecule has 0 fully saturated rings. The van der Waals surface area contributed by atoms with E-state index in [4.69, 9.17) is 0 Å². The minimum atomic E-state index is 1.18. The summed E-state index contributed by atoms with van der Waals surface area (Å²) in [6.07, 6.45) is 5.29. The molecule has 0 aromatic rings. The maximum atomic E-state index is 2.34. The van der Waals surface area contributed by atoms with E-state index in [1.165, 1.54) is 38.8 Å². The van der Waals surface area contributed by atoms with E-state index in [0.29, 0.717) is 0 Å². The number of hydrogen-bond donors (Lipinski definition) is 0. The van der Waals surface area contributed by atoms with Gasteiger partial charge in [0.25, 0.3) is 0 Å². The molecule has 0 saturated heterocycles. The first-order valence-corrected chi connectivity index (χ1v) is 6.41. The molecule has 14 heavy (non-hydrogen) atoms. The Morgan fingerprint density at radius 2 is 1.21 bits per heavy atom. The van der Waals surface area contributed by atoms with E-state index in [0.717, 1.165) is 0 Å². The molecule has 0 rings (SSSR count). The maximum absolute atomic E-state index is 2.34. The molecule has 0 aliphatic rings. The van der Waals surface area contributed by atoms with Crippen LogP contribution in [0.25, 0.3) is 0 Å². The first kappa shape index (κ1) is 19.5. The van der Waals surface area contributed by atoms with Crippen molar-refractivity contribution in [2.45, 2.75) is 67.2 Å². The van der Waals surface area contributed by atoms with Crippen molar-refractivity contribution >= 4 is 0 Å². The molecule has 0 amide bonds. The van der Waals surface area contributed by atoms with Gasteiger partial charge in [-0.1, -0.05) is 60.8 Å². The zero-order valence-electron chi connectivity index (χ0n) is 11.7. The van der Waals surface area contributed by atoms with Gasteiger partial charge >= 0.3 is 0 Å². The van der Waals surface area contributed by atoms with Crippen LogP contribution in [0.2, 0.25) is 0 Å². The minimum Gasteiger partial charge on any atom is -0.307 e. The van der Waals surface area contributed by atoms with Crippen molar-refractivity contribution in [2.75, 3.05) is 20.1 Å². The highest BCUT2D eigenvalue weighted by Crippen LogP contribution is 1.89. The lowest BCUT2D eigenvalue weighted by Crippen LogP contribution is -2.18. The Balaban J connectivity index is -0.000000170. The van der Waals surface area contributed by atoms with E-state index in [2.05, 4.69) is 39.6 Å². The van der Waals surface area contributed by atoms with Gasteiger partial charge in [0.1, 0.15) is 0 Å². The molecule has 90 valence electrons. The Morgan fingerprint density at radius 1 is 0.786 bits per heavy atom. The van der Waals surface area contributed by atoms with Crippen LogP contribution in [0.4, 0.5) is 0 Å². The van der Waals surface area contributed by atoms with Crippen molar-refractivity contribution in [2.24, 2.45) is 0 Å². The number of nitrogens with zero attached hydrogens (tertiary/aromatic N) is 1. The molecule has 0 unspecified atom stereocenters. The third-order valence-corrected chi connectivity index (χ3v) is 1.93. The predicted molar refractivity (Wildman–Crippen MR) is 70.0 cm³/mol. The quantitative estimate of drug-likeness (QED) is 0.632. The predicted octanol–water partition coefficient (Wildman–Crippen LogP) is 4.57. The van der Waals surface area contributed by atoms with Gasteiger partial charge in [0.15, 0.2) is 0 Å². The molecule has 0 radical (unpaired) electrons. The zero-order chi connectivity index (χ0) is 11.8. The fraction of sp³-hybridized carbons (Fsp3) is 1.00. The van der Waals surface area contributed by atoms with Crippen molar-refractivity contribution in [1.82, 2.24) is 4.90 Å². The summed E-state index contributed by atoms with van der Waals surface area (Å²) < 4.78 is 0. The number of unbranched alkanes of at least 4 members (excludes halogenated alkanes) is 2. The van der Waals surface area contributed by atoms with Gasteiger partial charge in [-0.2, -0.15) is 0 Å². The smallest absolute Gasteiger partial charge is 0.00220 e. The second kappa shape index (κ2) is 23.1. The van der Waals surface area contributed by atoms with E-state index in [-0.39, 0.29) is 0 Å². The molecule has 0 aromatic carbocycles. The fourth-order valence-electron chi connectivity index (χ4n) is 0.586. The monoisotopic (exact) mass is 203 g/mol. The largest absolute Gasteiger partial charge is 0.307 e. The van der Waals surface area contributed by atoms with Gasteiger partial charge in [-0.3, -0.25) is 0 Å². The van der Waals surface area contributed by atoms with Crippen molar-refractivity contribution in [3.8, 4) is 0 Å². The highest BCUT2D eigenvalue weighted by atomic mass is 15.1. The van der Waals surface area contributed by atoms with Gasteiger partial charge in [0, 0.05) is 0 Å². The number of hydrogen-bond acceptors (Lipinski definition) is 1. The lowest BCUT2D eigenvalue weighted by atomic mass is 10.3. The Bertz CT molecular complexity index is 60.3. The average Bonchev–Trinajstić information content (AvgIpc) is 2.28. The minimum absolute atomic E-state index is 1.18. The van der Waals surface area contributed by atoms with E-state index in [9.17, 15) is 0 Å². The topological polar surface area (TPSA) is 3.24 Å². The van der Waals surface area contributed by atoms with E-state index >= 15 is 0 Å². The van der Waals surface area contributed by atoms with Crippen LogP contribution in [-0.2, 0) is 0 Å². The van der Waals surface area contributed by atoms with Crippen molar-refractivity contribution in [3.63, 3.8) is 0 Å². The van der Waals surface area contributed by atoms with Crippen LogP contribution in [-0.4, -0.2) is 25.0 Å². The highest BCUT2D eigenvalue weighted by molar-refractivity contribution is 4.44. The molecule has 0 aliphatic heterocycles. The summed E-state index contributed by atoms with van der Waals surface area (Å²) in [5, 5.41) is 0. The van der Waals surface area contributed by atoms with Gasteiger partial charge in [-0.05, 0) is 26.6 Å². The Morgan fingerprint density at radius 3 is 1.43 bits per heavy atom. The molecule has 0 aliphatic carbocycles. The van der Waals surface area contributed by atoms with Gasteiger partial charge in [-0.15, -0.1) is 0 Å². The molecule has 0 atom stereocenters. The summed E-state index contributed by atoms with van der Waals surface area (Å²) >= 11 is 0. The molecule has 0 saturated carbocycles. The molecule has 0 heterocycles. The maximum Gasteiger partial charge on any atom is -0.00220 e. The molecular weight excluding hydrogens is 170 g/mol. The zero-order valence-corrected chi connectivity index (χ0v) is 11.7. The first-order chi connectivity index (χ1) is 6.72. The SMILES string of the molecule is CC.CCCC.CCCCN(C)CC. The molecule has 1 nitrogen and oxygen atoms in total. The summed E-state index contributed by atoms with van der Waals surface area (Å²) in [6, 6.07) is 0. The van der Waals surface area contributed by atoms with Crippen molar-refractivity contribution in [3.05, 3.63) is 0 Å².